The molecule has 0 saturated carbocycles. The van der Waals surface area contributed by atoms with Crippen LogP contribution in [0.1, 0.15) is 11.1 Å². The highest BCUT2D eigenvalue weighted by molar-refractivity contribution is 6.26. The Bertz CT molecular complexity index is 3490. The number of rotatable bonds is 6. The molecule has 0 bridgehead atoms. The number of aromatic nitrogens is 5. The van der Waals surface area contributed by atoms with Gasteiger partial charge in [-0.2, -0.15) is 10.5 Å². The summed E-state index contributed by atoms with van der Waals surface area (Å²) in [7, 11) is 0. The second-order valence-electron chi connectivity index (χ2n) is 14.7. The number of nitriles is 2. The standard InChI is InChI=1S/C53H31N7/c54-32-34-12-11-17-38(30-34)35-22-25-41(26-23-35)59-46-20-9-7-18-42(46)43-27-29-48-49(50(43)59)44-19-8-10-21-47(44)60(48)45-28-24-39(31-40(45)33-55)53-57-51(36-13-3-1-4-14-36)56-52(58-53)37-15-5-2-6-16-37/h1-31H. The molecule has 0 saturated heterocycles. The van der Waals surface area contributed by atoms with Gasteiger partial charge in [-0.15, -0.1) is 0 Å². The summed E-state index contributed by atoms with van der Waals surface area (Å²) in [6, 6.07) is 68.0. The van der Waals surface area contributed by atoms with Crippen LogP contribution in [0.5, 0.6) is 0 Å². The van der Waals surface area contributed by atoms with Crippen molar-refractivity contribution in [2.45, 2.75) is 0 Å². The van der Waals surface area contributed by atoms with Gasteiger partial charge in [0.25, 0.3) is 0 Å². The quantitative estimate of drug-likeness (QED) is 0.168. The summed E-state index contributed by atoms with van der Waals surface area (Å²) in [5.41, 5.74) is 11.6. The zero-order valence-corrected chi connectivity index (χ0v) is 32.0. The van der Waals surface area contributed by atoms with E-state index in [9.17, 15) is 10.5 Å². The molecule has 278 valence electrons. The Balaban J connectivity index is 1.11. The van der Waals surface area contributed by atoms with E-state index in [1.165, 1.54) is 0 Å². The highest BCUT2D eigenvalue weighted by atomic mass is 15.0. The van der Waals surface area contributed by atoms with Crippen LogP contribution in [0.2, 0.25) is 0 Å². The van der Waals surface area contributed by atoms with Crippen LogP contribution >= 0.6 is 0 Å². The van der Waals surface area contributed by atoms with Crippen molar-refractivity contribution < 1.29 is 0 Å². The molecule has 11 aromatic rings. The third-order valence-electron chi connectivity index (χ3n) is 11.2. The minimum Gasteiger partial charge on any atom is -0.309 e. The zero-order chi connectivity index (χ0) is 40.2. The van der Waals surface area contributed by atoms with Gasteiger partial charge in [0.05, 0.1) is 45.0 Å². The van der Waals surface area contributed by atoms with E-state index in [0.29, 0.717) is 28.6 Å². The summed E-state index contributed by atoms with van der Waals surface area (Å²) >= 11 is 0. The fraction of sp³-hybridized carbons (Fsp3) is 0. The van der Waals surface area contributed by atoms with Crippen molar-refractivity contribution in [3.63, 3.8) is 0 Å². The zero-order valence-electron chi connectivity index (χ0n) is 32.0. The molecule has 3 aromatic heterocycles. The highest BCUT2D eigenvalue weighted by Crippen LogP contribution is 2.43. The van der Waals surface area contributed by atoms with E-state index in [2.05, 4.69) is 100 Å². The summed E-state index contributed by atoms with van der Waals surface area (Å²) in [5.74, 6) is 1.61. The van der Waals surface area contributed by atoms with Crippen molar-refractivity contribution in [2.24, 2.45) is 0 Å². The van der Waals surface area contributed by atoms with Crippen molar-refractivity contribution in [3.8, 4) is 68.8 Å². The van der Waals surface area contributed by atoms with E-state index in [1.807, 2.05) is 109 Å². The summed E-state index contributed by atoms with van der Waals surface area (Å²) < 4.78 is 4.56. The van der Waals surface area contributed by atoms with E-state index in [-0.39, 0.29) is 0 Å². The third kappa shape index (κ3) is 5.61. The summed E-state index contributed by atoms with van der Waals surface area (Å²) in [4.78, 5) is 14.7. The molecule has 0 aliphatic heterocycles. The predicted octanol–water partition coefficient (Wildman–Crippen LogP) is 12.5. The fourth-order valence-corrected chi connectivity index (χ4v) is 8.50. The second kappa shape index (κ2) is 14.1. The van der Waals surface area contributed by atoms with Gasteiger partial charge in [-0.25, -0.2) is 15.0 Å². The predicted molar refractivity (Wildman–Crippen MR) is 240 cm³/mol. The Labute approximate surface area is 345 Å². The van der Waals surface area contributed by atoms with Crippen molar-refractivity contribution in [1.29, 1.82) is 10.5 Å². The van der Waals surface area contributed by atoms with E-state index in [4.69, 9.17) is 15.0 Å². The van der Waals surface area contributed by atoms with Gasteiger partial charge in [0, 0.05) is 43.9 Å². The Morgan fingerprint density at radius 2 is 0.967 bits per heavy atom. The molecule has 7 heteroatoms. The first kappa shape index (κ1) is 34.6. The molecule has 0 aliphatic carbocycles. The number of nitrogens with zero attached hydrogens (tertiary/aromatic N) is 7. The van der Waals surface area contributed by atoms with Crippen LogP contribution < -0.4 is 0 Å². The highest BCUT2D eigenvalue weighted by Gasteiger charge is 2.22. The van der Waals surface area contributed by atoms with Crippen molar-refractivity contribution >= 4 is 43.6 Å². The first-order valence-electron chi connectivity index (χ1n) is 19.6. The molecule has 0 atom stereocenters. The lowest BCUT2D eigenvalue weighted by atomic mass is 10.0. The molecular weight excluding hydrogens is 735 g/mol. The summed E-state index contributed by atoms with van der Waals surface area (Å²) in [6.45, 7) is 0. The van der Waals surface area contributed by atoms with Crippen LogP contribution in [-0.4, -0.2) is 24.1 Å². The van der Waals surface area contributed by atoms with Crippen LogP contribution in [0.25, 0.3) is 100 Å². The minimum absolute atomic E-state index is 0.489. The van der Waals surface area contributed by atoms with Crippen LogP contribution in [-0.2, 0) is 0 Å². The average Bonchev–Trinajstić information content (AvgIpc) is 3.85. The van der Waals surface area contributed by atoms with Gasteiger partial charge < -0.3 is 9.13 Å². The van der Waals surface area contributed by atoms with Gasteiger partial charge in [0.1, 0.15) is 6.07 Å². The normalized spacial score (nSPS) is 11.3. The molecule has 0 aliphatic rings. The number of para-hydroxylation sites is 2. The van der Waals surface area contributed by atoms with Gasteiger partial charge in [-0.1, -0.05) is 127 Å². The van der Waals surface area contributed by atoms with E-state index >= 15 is 0 Å². The van der Waals surface area contributed by atoms with Crippen LogP contribution in [0, 0.1) is 22.7 Å². The molecule has 0 spiro atoms. The number of hydrogen-bond donors (Lipinski definition) is 0. The molecule has 0 unspecified atom stereocenters. The fourth-order valence-electron chi connectivity index (χ4n) is 8.50. The first-order valence-corrected chi connectivity index (χ1v) is 19.6. The largest absolute Gasteiger partial charge is 0.309 e. The Hall–Kier alpha value is -8.65. The van der Waals surface area contributed by atoms with Gasteiger partial charge in [0.2, 0.25) is 0 Å². The molecule has 60 heavy (non-hydrogen) atoms. The molecular formula is C53H31N7. The molecule has 0 fully saturated rings. The monoisotopic (exact) mass is 765 g/mol. The SMILES string of the molecule is N#Cc1cccc(-c2ccc(-n3c4ccccc4c4ccc5c(c6ccccc6n5-c5ccc(-c6nc(-c7ccccc7)nc(-c7ccccc7)n6)cc5C#N)c43)cc2)c1. The number of fused-ring (bicyclic) bond motifs is 7. The Kier molecular flexibility index (Phi) is 8.11. The topological polar surface area (TPSA) is 96.1 Å². The minimum atomic E-state index is 0.489. The summed E-state index contributed by atoms with van der Waals surface area (Å²) in [5, 5.41) is 24.8. The molecule has 8 aromatic carbocycles. The van der Waals surface area contributed by atoms with Gasteiger partial charge >= 0.3 is 0 Å². The molecule has 7 nitrogen and oxygen atoms in total. The van der Waals surface area contributed by atoms with Gasteiger partial charge in [-0.3, -0.25) is 0 Å². The Morgan fingerprint density at radius 3 is 1.63 bits per heavy atom. The molecule has 0 amide bonds. The molecule has 11 rings (SSSR count). The number of hydrogen-bond acceptors (Lipinski definition) is 5. The van der Waals surface area contributed by atoms with Crippen molar-refractivity contribution in [3.05, 3.63) is 199 Å². The maximum atomic E-state index is 10.9. The molecule has 0 radical (unpaired) electrons. The van der Waals surface area contributed by atoms with Crippen molar-refractivity contribution in [2.75, 3.05) is 0 Å². The smallest absolute Gasteiger partial charge is 0.164 e. The first-order chi connectivity index (χ1) is 29.7. The maximum absolute atomic E-state index is 10.9. The van der Waals surface area contributed by atoms with Crippen molar-refractivity contribution in [1.82, 2.24) is 24.1 Å². The lowest BCUT2D eigenvalue weighted by molar-refractivity contribution is 1.07. The third-order valence-corrected chi connectivity index (χ3v) is 11.2. The van der Waals surface area contributed by atoms with Gasteiger partial charge in [-0.05, 0) is 71.8 Å². The average molecular weight is 766 g/mol. The van der Waals surface area contributed by atoms with Crippen LogP contribution in [0.4, 0.5) is 0 Å². The second-order valence-corrected chi connectivity index (χ2v) is 14.7. The van der Waals surface area contributed by atoms with E-state index in [1.54, 1.807) is 0 Å². The van der Waals surface area contributed by atoms with E-state index in [0.717, 1.165) is 82.8 Å². The number of benzene rings is 8. The summed E-state index contributed by atoms with van der Waals surface area (Å²) in [6.07, 6.45) is 0. The Morgan fingerprint density at radius 1 is 0.383 bits per heavy atom. The molecule has 3 heterocycles. The maximum Gasteiger partial charge on any atom is 0.164 e. The van der Waals surface area contributed by atoms with Crippen LogP contribution in [0.3, 0.4) is 0 Å². The van der Waals surface area contributed by atoms with Gasteiger partial charge in [0.15, 0.2) is 17.5 Å². The molecule has 0 N–H and O–H groups in total. The lowest BCUT2D eigenvalue weighted by Crippen LogP contribution is -2.02. The lowest BCUT2D eigenvalue weighted by Gasteiger charge is -2.13. The van der Waals surface area contributed by atoms with Crippen LogP contribution in [0.15, 0.2) is 188 Å². The van der Waals surface area contributed by atoms with E-state index < -0.39 is 0 Å².